The molecule has 1 radical (unpaired) electrons. The van der Waals surface area contributed by atoms with Crippen LogP contribution >= 0.6 is 0 Å². The number of hydrogen-bond donors (Lipinski definition) is 0. The van der Waals surface area contributed by atoms with Crippen LogP contribution in [-0.4, -0.2) is 0 Å². The SMILES string of the molecule is C(#Cc1ccccc1N([CH]c1ccccc1)Cc1ccccc1)c1ccccc1. The highest BCUT2D eigenvalue weighted by Crippen LogP contribution is 2.25. The highest BCUT2D eigenvalue weighted by molar-refractivity contribution is 5.64. The van der Waals surface area contributed by atoms with E-state index in [0.29, 0.717) is 0 Å². The molecule has 0 heterocycles. The van der Waals surface area contributed by atoms with Gasteiger partial charge in [0, 0.05) is 17.7 Å². The Labute approximate surface area is 173 Å². The third-order valence-corrected chi connectivity index (χ3v) is 4.63. The molecule has 0 unspecified atom stereocenters. The molecule has 0 aliphatic rings. The summed E-state index contributed by atoms with van der Waals surface area (Å²) in [6.45, 7) is 2.97. The zero-order valence-corrected chi connectivity index (χ0v) is 16.2. The van der Waals surface area contributed by atoms with Crippen LogP contribution in [-0.2, 0) is 6.54 Å². The van der Waals surface area contributed by atoms with Crippen molar-refractivity contribution < 1.29 is 0 Å². The van der Waals surface area contributed by atoms with Crippen LogP contribution in [0.2, 0.25) is 0 Å². The second kappa shape index (κ2) is 9.44. The highest BCUT2D eigenvalue weighted by atomic mass is 15.1. The van der Waals surface area contributed by atoms with Gasteiger partial charge in [0.15, 0.2) is 0 Å². The molecule has 29 heavy (non-hydrogen) atoms. The third kappa shape index (κ3) is 5.15. The van der Waals surface area contributed by atoms with Crippen molar-refractivity contribution >= 4 is 5.69 Å². The van der Waals surface area contributed by atoms with Gasteiger partial charge in [-0.05, 0) is 35.4 Å². The normalized spacial score (nSPS) is 10.1. The molecule has 0 saturated heterocycles. The molecule has 1 nitrogen and oxygen atoms in total. The van der Waals surface area contributed by atoms with Crippen molar-refractivity contribution in [1.29, 1.82) is 0 Å². The Bertz CT molecular complexity index is 1050. The van der Waals surface area contributed by atoms with E-state index in [9.17, 15) is 0 Å². The first-order chi connectivity index (χ1) is 14.4. The zero-order chi connectivity index (χ0) is 19.7. The van der Waals surface area contributed by atoms with Crippen molar-refractivity contribution in [2.24, 2.45) is 0 Å². The molecule has 0 amide bonds. The van der Waals surface area contributed by atoms with E-state index in [2.05, 4.69) is 90.0 Å². The summed E-state index contributed by atoms with van der Waals surface area (Å²) in [7, 11) is 0. The van der Waals surface area contributed by atoms with Crippen LogP contribution in [0.4, 0.5) is 5.69 Å². The maximum atomic E-state index is 3.37. The van der Waals surface area contributed by atoms with Gasteiger partial charge in [0.2, 0.25) is 0 Å². The lowest BCUT2D eigenvalue weighted by molar-refractivity contribution is 0.919. The van der Waals surface area contributed by atoms with Gasteiger partial charge in [-0.25, -0.2) is 0 Å². The van der Waals surface area contributed by atoms with Gasteiger partial charge < -0.3 is 4.90 Å². The van der Waals surface area contributed by atoms with Gasteiger partial charge in [0.1, 0.15) is 0 Å². The number of anilines is 1. The van der Waals surface area contributed by atoms with Gasteiger partial charge in [-0.1, -0.05) is 103 Å². The third-order valence-electron chi connectivity index (χ3n) is 4.63. The van der Waals surface area contributed by atoms with Crippen molar-refractivity contribution in [3.63, 3.8) is 0 Å². The first-order valence-corrected chi connectivity index (χ1v) is 9.75. The van der Waals surface area contributed by atoms with E-state index in [1.807, 2.05) is 48.5 Å². The molecule has 0 fully saturated rings. The second-order valence-electron chi connectivity index (χ2n) is 6.79. The minimum absolute atomic E-state index is 0.778. The standard InChI is InChI=1S/C28H22N/c1-4-12-24(13-5-1)20-21-27-18-10-11-19-28(27)29(22-25-14-6-2-7-15-25)23-26-16-8-3-9-17-26/h1-19,22H,23H2. The lowest BCUT2D eigenvalue weighted by Gasteiger charge is -2.26. The Hall–Kier alpha value is -3.76. The van der Waals surface area contributed by atoms with Crippen LogP contribution in [0, 0.1) is 18.4 Å². The second-order valence-corrected chi connectivity index (χ2v) is 6.79. The molecule has 0 spiro atoms. The van der Waals surface area contributed by atoms with Gasteiger partial charge in [0.25, 0.3) is 0 Å². The van der Waals surface area contributed by atoms with E-state index in [1.54, 1.807) is 0 Å². The topological polar surface area (TPSA) is 3.24 Å². The van der Waals surface area contributed by atoms with Crippen molar-refractivity contribution in [2.45, 2.75) is 6.54 Å². The Morgan fingerprint density at radius 1 is 0.586 bits per heavy atom. The number of nitrogens with zero attached hydrogens (tertiary/aromatic N) is 1. The molecule has 4 aromatic rings. The quantitative estimate of drug-likeness (QED) is 0.371. The summed E-state index contributed by atoms with van der Waals surface area (Å²) in [5, 5.41) is 0. The van der Waals surface area contributed by atoms with E-state index in [4.69, 9.17) is 0 Å². The molecule has 139 valence electrons. The summed E-state index contributed by atoms with van der Waals surface area (Å²) in [6.07, 6.45) is 0. The van der Waals surface area contributed by atoms with Gasteiger partial charge in [0.05, 0.1) is 12.2 Å². The summed E-state index contributed by atoms with van der Waals surface area (Å²) in [6, 6.07) is 39.4. The molecule has 0 atom stereocenters. The number of hydrogen-bond acceptors (Lipinski definition) is 1. The fourth-order valence-corrected chi connectivity index (χ4v) is 3.19. The lowest BCUT2D eigenvalue weighted by atomic mass is 10.1. The molecule has 0 aromatic heterocycles. The van der Waals surface area contributed by atoms with Crippen molar-refractivity contribution in [3.05, 3.63) is 144 Å². The fourth-order valence-electron chi connectivity index (χ4n) is 3.19. The first kappa shape index (κ1) is 18.6. The van der Waals surface area contributed by atoms with E-state index in [1.165, 1.54) is 5.56 Å². The molecular weight excluding hydrogens is 350 g/mol. The molecule has 0 bridgehead atoms. The smallest absolute Gasteiger partial charge is 0.0792 e. The van der Waals surface area contributed by atoms with Crippen LogP contribution in [0.1, 0.15) is 22.3 Å². The molecular formula is C28H22N. The van der Waals surface area contributed by atoms with Gasteiger partial charge in [-0.15, -0.1) is 0 Å². The summed E-state index contributed by atoms with van der Waals surface area (Å²) in [5.41, 5.74) is 5.55. The zero-order valence-electron chi connectivity index (χ0n) is 16.2. The Balaban J connectivity index is 1.69. The van der Waals surface area contributed by atoms with Gasteiger partial charge in [-0.3, -0.25) is 0 Å². The Morgan fingerprint density at radius 2 is 1.17 bits per heavy atom. The van der Waals surface area contributed by atoms with E-state index in [-0.39, 0.29) is 0 Å². The molecule has 4 aromatic carbocycles. The Kier molecular flexibility index (Phi) is 6.05. The molecule has 0 N–H and O–H groups in total. The predicted octanol–water partition coefficient (Wildman–Crippen LogP) is 6.30. The maximum absolute atomic E-state index is 3.37. The molecule has 1 heteroatoms. The number of benzene rings is 4. The summed E-state index contributed by atoms with van der Waals surface area (Å²) < 4.78 is 0. The Morgan fingerprint density at radius 3 is 1.90 bits per heavy atom. The summed E-state index contributed by atoms with van der Waals surface area (Å²) in [4.78, 5) is 2.28. The maximum Gasteiger partial charge on any atom is 0.0792 e. The van der Waals surface area contributed by atoms with E-state index < -0.39 is 0 Å². The van der Waals surface area contributed by atoms with Gasteiger partial charge >= 0.3 is 0 Å². The van der Waals surface area contributed by atoms with Crippen LogP contribution in [0.25, 0.3) is 0 Å². The van der Waals surface area contributed by atoms with Crippen LogP contribution in [0.5, 0.6) is 0 Å². The average molecular weight is 372 g/mol. The molecule has 0 aliphatic heterocycles. The van der Waals surface area contributed by atoms with Crippen LogP contribution in [0.15, 0.2) is 115 Å². The largest absolute Gasteiger partial charge is 0.357 e. The van der Waals surface area contributed by atoms with Crippen molar-refractivity contribution in [1.82, 2.24) is 0 Å². The lowest BCUT2D eigenvalue weighted by Crippen LogP contribution is -2.21. The van der Waals surface area contributed by atoms with Crippen molar-refractivity contribution in [2.75, 3.05) is 4.90 Å². The van der Waals surface area contributed by atoms with E-state index >= 15 is 0 Å². The minimum atomic E-state index is 0.778. The minimum Gasteiger partial charge on any atom is -0.357 e. The number of rotatable bonds is 5. The summed E-state index contributed by atoms with van der Waals surface area (Å²) in [5.74, 6) is 6.66. The molecule has 4 rings (SSSR count). The number of para-hydroxylation sites is 1. The monoisotopic (exact) mass is 372 g/mol. The highest BCUT2D eigenvalue weighted by Gasteiger charge is 2.12. The van der Waals surface area contributed by atoms with Crippen LogP contribution in [0.3, 0.4) is 0 Å². The molecule has 0 aliphatic carbocycles. The fraction of sp³-hybridized carbons (Fsp3) is 0.0357. The van der Waals surface area contributed by atoms with Crippen LogP contribution < -0.4 is 4.90 Å². The average Bonchev–Trinajstić information content (AvgIpc) is 2.80. The predicted molar refractivity (Wildman–Crippen MR) is 121 cm³/mol. The van der Waals surface area contributed by atoms with Crippen molar-refractivity contribution in [3.8, 4) is 11.8 Å². The van der Waals surface area contributed by atoms with E-state index in [0.717, 1.165) is 28.9 Å². The molecule has 0 saturated carbocycles. The van der Waals surface area contributed by atoms with Gasteiger partial charge in [-0.2, -0.15) is 0 Å². The summed E-state index contributed by atoms with van der Waals surface area (Å²) >= 11 is 0. The first-order valence-electron chi connectivity index (χ1n) is 9.75.